The number of aromatic nitrogens is 2. The van der Waals surface area contributed by atoms with E-state index < -0.39 is 5.76 Å². The summed E-state index contributed by atoms with van der Waals surface area (Å²) >= 11 is 9.09. The maximum absolute atomic E-state index is 10.7. The van der Waals surface area contributed by atoms with Crippen molar-refractivity contribution in [2.45, 2.75) is 0 Å². The number of rotatable bonds is 1. The lowest BCUT2D eigenvalue weighted by molar-refractivity contribution is 0.527. The summed E-state index contributed by atoms with van der Waals surface area (Å²) in [5.41, 5.74) is 0.641. The Morgan fingerprint density at radius 1 is 1.43 bits per heavy atom. The Hall–Kier alpha value is -1.07. The van der Waals surface area contributed by atoms with E-state index in [1.54, 1.807) is 18.2 Å². The van der Waals surface area contributed by atoms with Crippen molar-refractivity contribution in [3.8, 4) is 11.5 Å². The van der Waals surface area contributed by atoms with E-state index in [0.29, 0.717) is 10.6 Å². The second-order valence-electron chi connectivity index (χ2n) is 2.58. The number of aromatic amines is 1. The van der Waals surface area contributed by atoms with Gasteiger partial charge in [-0.25, -0.2) is 9.89 Å². The van der Waals surface area contributed by atoms with Gasteiger partial charge in [0.05, 0.1) is 0 Å². The molecule has 1 aromatic carbocycles. The number of hydrogen-bond acceptors (Lipinski definition) is 3. The van der Waals surface area contributed by atoms with Crippen LogP contribution in [0, 0.1) is 0 Å². The monoisotopic (exact) mass is 274 g/mol. The zero-order valence-electron chi connectivity index (χ0n) is 6.75. The molecule has 0 atom stereocenters. The highest BCUT2D eigenvalue weighted by atomic mass is 79.9. The Balaban J connectivity index is 2.56. The molecule has 0 amide bonds. The van der Waals surface area contributed by atoms with Crippen molar-refractivity contribution >= 4 is 27.5 Å². The molecule has 2 rings (SSSR count). The zero-order chi connectivity index (χ0) is 10.1. The predicted molar refractivity (Wildman–Crippen MR) is 55.3 cm³/mol. The first-order chi connectivity index (χ1) is 6.65. The second kappa shape index (κ2) is 3.59. The van der Waals surface area contributed by atoms with E-state index in [0.717, 1.165) is 4.47 Å². The predicted octanol–water partition coefficient (Wildman–Crippen LogP) is 2.45. The molecule has 0 aliphatic heterocycles. The molecule has 0 saturated carbocycles. The van der Waals surface area contributed by atoms with E-state index in [9.17, 15) is 4.79 Å². The highest BCUT2D eigenvalue weighted by Gasteiger charge is 2.06. The van der Waals surface area contributed by atoms with E-state index >= 15 is 0 Å². The summed E-state index contributed by atoms with van der Waals surface area (Å²) < 4.78 is 5.57. The van der Waals surface area contributed by atoms with E-state index in [4.69, 9.17) is 16.0 Å². The first-order valence-electron chi connectivity index (χ1n) is 3.67. The van der Waals surface area contributed by atoms with Gasteiger partial charge >= 0.3 is 5.76 Å². The third kappa shape index (κ3) is 1.88. The van der Waals surface area contributed by atoms with Gasteiger partial charge in [-0.2, -0.15) is 0 Å². The fourth-order valence-corrected chi connectivity index (χ4v) is 1.89. The standard InChI is InChI=1S/C8H4BrClN2O2/c9-5-1-4(2-6(10)3-5)7-11-12-8(13)14-7/h1-3H,(H,12,13). The molecule has 0 saturated heterocycles. The Morgan fingerprint density at radius 2 is 2.21 bits per heavy atom. The Kier molecular flexibility index (Phi) is 2.43. The molecule has 6 heteroatoms. The van der Waals surface area contributed by atoms with Gasteiger partial charge < -0.3 is 4.42 Å². The summed E-state index contributed by atoms with van der Waals surface area (Å²) in [5.74, 6) is -0.366. The quantitative estimate of drug-likeness (QED) is 0.869. The Labute approximate surface area is 92.0 Å². The first kappa shape index (κ1) is 9.48. The van der Waals surface area contributed by atoms with Crippen molar-refractivity contribution in [1.29, 1.82) is 0 Å². The van der Waals surface area contributed by atoms with Gasteiger partial charge in [0.2, 0.25) is 5.89 Å². The maximum atomic E-state index is 10.7. The molecule has 0 aliphatic carbocycles. The van der Waals surface area contributed by atoms with Gasteiger partial charge in [-0.15, -0.1) is 5.10 Å². The average molecular weight is 275 g/mol. The van der Waals surface area contributed by atoms with Crippen LogP contribution >= 0.6 is 27.5 Å². The van der Waals surface area contributed by atoms with Gasteiger partial charge in [-0.1, -0.05) is 27.5 Å². The van der Waals surface area contributed by atoms with Gasteiger partial charge in [-0.3, -0.25) is 0 Å². The van der Waals surface area contributed by atoms with Crippen molar-refractivity contribution < 1.29 is 4.42 Å². The summed E-state index contributed by atoms with van der Waals surface area (Å²) in [6.45, 7) is 0. The minimum atomic E-state index is -0.587. The van der Waals surface area contributed by atoms with Crippen LogP contribution in [0.4, 0.5) is 0 Å². The number of benzene rings is 1. The fraction of sp³-hybridized carbons (Fsp3) is 0. The fourth-order valence-electron chi connectivity index (χ4n) is 1.03. The van der Waals surface area contributed by atoms with Crippen LogP contribution in [0.5, 0.6) is 0 Å². The average Bonchev–Trinajstić information content (AvgIpc) is 2.50. The molecular formula is C8H4BrClN2O2. The molecule has 1 N–H and O–H groups in total. The van der Waals surface area contributed by atoms with Crippen LogP contribution in [0.1, 0.15) is 0 Å². The molecule has 0 fully saturated rings. The third-order valence-corrected chi connectivity index (χ3v) is 2.22. The molecular weight excluding hydrogens is 271 g/mol. The van der Waals surface area contributed by atoms with Crippen LogP contribution in [0.3, 0.4) is 0 Å². The largest absolute Gasteiger partial charge is 0.434 e. The lowest BCUT2D eigenvalue weighted by Gasteiger charge is -1.96. The second-order valence-corrected chi connectivity index (χ2v) is 3.93. The van der Waals surface area contributed by atoms with Crippen LogP contribution in [0.25, 0.3) is 11.5 Å². The molecule has 72 valence electrons. The highest BCUT2D eigenvalue weighted by Crippen LogP contribution is 2.25. The normalized spacial score (nSPS) is 10.4. The smallest absolute Gasteiger partial charge is 0.388 e. The molecule has 4 nitrogen and oxygen atoms in total. The van der Waals surface area contributed by atoms with Gasteiger partial charge in [0.1, 0.15) is 0 Å². The van der Waals surface area contributed by atoms with Crippen molar-refractivity contribution in [1.82, 2.24) is 10.2 Å². The van der Waals surface area contributed by atoms with Gasteiger partial charge in [-0.05, 0) is 18.2 Å². The first-order valence-corrected chi connectivity index (χ1v) is 4.84. The van der Waals surface area contributed by atoms with Crippen LogP contribution in [0.15, 0.2) is 31.9 Å². The summed E-state index contributed by atoms with van der Waals surface area (Å²) in [6.07, 6.45) is 0. The zero-order valence-corrected chi connectivity index (χ0v) is 9.09. The summed E-state index contributed by atoms with van der Waals surface area (Å²) in [6, 6.07) is 5.15. The van der Waals surface area contributed by atoms with E-state index in [-0.39, 0.29) is 5.89 Å². The number of nitrogens with one attached hydrogen (secondary N) is 1. The molecule has 2 aromatic rings. The van der Waals surface area contributed by atoms with Crippen molar-refractivity contribution in [2.24, 2.45) is 0 Å². The van der Waals surface area contributed by atoms with Gasteiger partial charge in [0, 0.05) is 15.1 Å². The molecule has 1 heterocycles. The van der Waals surface area contributed by atoms with E-state index in [1.165, 1.54) is 0 Å². The molecule has 0 unspecified atom stereocenters. The minimum absolute atomic E-state index is 0.221. The lowest BCUT2D eigenvalue weighted by atomic mass is 10.2. The lowest BCUT2D eigenvalue weighted by Crippen LogP contribution is -1.93. The minimum Gasteiger partial charge on any atom is -0.388 e. The Bertz CT molecular complexity index is 500. The molecule has 14 heavy (non-hydrogen) atoms. The summed E-state index contributed by atoms with van der Waals surface area (Å²) in [5, 5.41) is 6.40. The van der Waals surface area contributed by atoms with Crippen LogP contribution in [-0.2, 0) is 0 Å². The van der Waals surface area contributed by atoms with Crippen LogP contribution < -0.4 is 5.76 Å². The summed E-state index contributed by atoms with van der Waals surface area (Å²) in [4.78, 5) is 10.7. The molecule has 0 radical (unpaired) electrons. The number of hydrogen-bond donors (Lipinski definition) is 1. The van der Waals surface area contributed by atoms with Crippen LogP contribution in [-0.4, -0.2) is 10.2 Å². The van der Waals surface area contributed by atoms with Crippen molar-refractivity contribution in [3.05, 3.63) is 38.2 Å². The van der Waals surface area contributed by atoms with E-state index in [1.807, 2.05) is 0 Å². The highest BCUT2D eigenvalue weighted by molar-refractivity contribution is 9.10. The van der Waals surface area contributed by atoms with E-state index in [2.05, 4.69) is 26.1 Å². The van der Waals surface area contributed by atoms with Gasteiger partial charge in [0.15, 0.2) is 0 Å². The SMILES string of the molecule is O=c1[nH]nc(-c2cc(Cl)cc(Br)c2)o1. The molecule has 1 aromatic heterocycles. The van der Waals surface area contributed by atoms with Crippen molar-refractivity contribution in [3.63, 3.8) is 0 Å². The number of nitrogens with zero attached hydrogens (tertiary/aromatic N) is 1. The third-order valence-electron chi connectivity index (χ3n) is 1.55. The van der Waals surface area contributed by atoms with Gasteiger partial charge in [0.25, 0.3) is 0 Å². The van der Waals surface area contributed by atoms with Crippen molar-refractivity contribution in [2.75, 3.05) is 0 Å². The topological polar surface area (TPSA) is 58.9 Å². The molecule has 0 aliphatic rings. The number of halogens is 2. The summed E-state index contributed by atoms with van der Waals surface area (Å²) in [7, 11) is 0. The molecule has 0 bridgehead atoms. The Morgan fingerprint density at radius 3 is 2.79 bits per heavy atom. The number of H-pyrrole nitrogens is 1. The molecule has 0 spiro atoms. The van der Waals surface area contributed by atoms with Crippen LogP contribution in [0.2, 0.25) is 5.02 Å². The maximum Gasteiger partial charge on any atom is 0.434 e.